The molecule has 0 saturated heterocycles. The zero-order chi connectivity index (χ0) is 19.4. The summed E-state index contributed by atoms with van der Waals surface area (Å²) in [6.45, 7) is 6.06. The van der Waals surface area contributed by atoms with Gasteiger partial charge in [-0.05, 0) is 42.8 Å². The van der Waals surface area contributed by atoms with Gasteiger partial charge in [0, 0.05) is 36.1 Å². The number of nitrogens with zero attached hydrogens (tertiary/aromatic N) is 2. The molecule has 0 unspecified atom stereocenters. The molecule has 27 heavy (non-hydrogen) atoms. The number of benzene rings is 1. The van der Waals surface area contributed by atoms with Gasteiger partial charge < -0.3 is 14.6 Å². The fraction of sp³-hybridized carbons (Fsp3) is 0.238. The number of unbranched alkanes of at least 4 members (excludes halogenated alkanes) is 1. The molecule has 140 valence electrons. The van der Waals surface area contributed by atoms with Gasteiger partial charge in [0.2, 0.25) is 0 Å². The smallest absolute Gasteiger partial charge is 0.345 e. The molecule has 0 fully saturated rings. The minimum atomic E-state index is -0.392. The van der Waals surface area contributed by atoms with E-state index in [4.69, 9.17) is 4.42 Å². The molecule has 0 aliphatic rings. The van der Waals surface area contributed by atoms with Crippen molar-refractivity contribution in [1.29, 1.82) is 0 Å². The summed E-state index contributed by atoms with van der Waals surface area (Å²) in [4.78, 5) is 18.9. The summed E-state index contributed by atoms with van der Waals surface area (Å²) in [6.07, 6.45) is 3.74. The van der Waals surface area contributed by atoms with Crippen molar-refractivity contribution in [3.63, 3.8) is 0 Å². The second-order valence-corrected chi connectivity index (χ2v) is 7.29. The fourth-order valence-electron chi connectivity index (χ4n) is 2.57. The van der Waals surface area contributed by atoms with E-state index in [0.717, 1.165) is 24.2 Å². The van der Waals surface area contributed by atoms with Crippen LogP contribution in [0.15, 0.2) is 44.9 Å². The van der Waals surface area contributed by atoms with Gasteiger partial charge in [0.05, 0.1) is 11.3 Å². The molecular weight excluding hydrogens is 358 g/mol. The average molecular weight is 382 g/mol. The monoisotopic (exact) mass is 381 g/mol. The van der Waals surface area contributed by atoms with E-state index < -0.39 is 5.63 Å². The quantitative estimate of drug-likeness (QED) is 0.707. The van der Waals surface area contributed by atoms with Crippen molar-refractivity contribution in [3.05, 3.63) is 56.8 Å². The lowest BCUT2D eigenvalue weighted by molar-refractivity contribution is 0.474. The van der Waals surface area contributed by atoms with E-state index in [9.17, 15) is 4.79 Å². The first-order valence-corrected chi connectivity index (χ1v) is 9.69. The predicted octanol–water partition coefficient (Wildman–Crippen LogP) is 3.56. The summed E-state index contributed by atoms with van der Waals surface area (Å²) in [5, 5.41) is 6.52. The lowest BCUT2D eigenvalue weighted by atomic mass is 10.2. The van der Waals surface area contributed by atoms with Crippen LogP contribution >= 0.6 is 11.3 Å². The average Bonchev–Trinajstić information content (AvgIpc) is 3.10. The molecule has 0 saturated carbocycles. The van der Waals surface area contributed by atoms with Crippen LogP contribution in [0.25, 0.3) is 23.9 Å². The number of hydrogen-bond acceptors (Lipinski definition) is 6. The molecular formula is C21H23N3O2S. The highest BCUT2D eigenvalue weighted by Crippen LogP contribution is 2.26. The summed E-state index contributed by atoms with van der Waals surface area (Å²) in [6, 6.07) is 9.81. The minimum Gasteiger partial charge on any atom is -0.423 e. The molecule has 5 nitrogen and oxygen atoms in total. The summed E-state index contributed by atoms with van der Waals surface area (Å²) < 4.78 is 5.42. The Bertz CT molecular complexity index is 1080. The maximum absolute atomic E-state index is 12.3. The SMILES string of the molecule is C=c1cc(-c2csc(Nc3ccc(N(C)C)cc3)n2)c(=O)oc1=CCCC. The maximum Gasteiger partial charge on any atom is 0.345 e. The first kappa shape index (κ1) is 18.9. The largest absolute Gasteiger partial charge is 0.423 e. The molecule has 3 aromatic rings. The highest BCUT2D eigenvalue weighted by molar-refractivity contribution is 7.14. The Labute approximate surface area is 162 Å². The van der Waals surface area contributed by atoms with Crippen LogP contribution in [-0.4, -0.2) is 19.1 Å². The summed E-state index contributed by atoms with van der Waals surface area (Å²) in [5.41, 5.74) is 3.24. The highest BCUT2D eigenvalue weighted by atomic mass is 32.1. The zero-order valence-electron chi connectivity index (χ0n) is 15.8. The Kier molecular flexibility index (Phi) is 5.76. The van der Waals surface area contributed by atoms with E-state index in [1.165, 1.54) is 11.3 Å². The van der Waals surface area contributed by atoms with Crippen LogP contribution < -0.4 is 26.5 Å². The van der Waals surface area contributed by atoms with E-state index in [1.807, 2.05) is 54.7 Å². The van der Waals surface area contributed by atoms with Crippen molar-refractivity contribution in [1.82, 2.24) is 4.98 Å². The highest BCUT2D eigenvalue weighted by Gasteiger charge is 2.10. The van der Waals surface area contributed by atoms with Gasteiger partial charge in [-0.2, -0.15) is 0 Å². The lowest BCUT2D eigenvalue weighted by Crippen LogP contribution is -2.28. The van der Waals surface area contributed by atoms with Crippen molar-refractivity contribution >= 4 is 40.5 Å². The van der Waals surface area contributed by atoms with Crippen molar-refractivity contribution in [2.24, 2.45) is 0 Å². The summed E-state index contributed by atoms with van der Waals surface area (Å²) in [5.74, 6) is 0. The van der Waals surface area contributed by atoms with E-state index in [0.29, 0.717) is 27.0 Å². The third-order valence-electron chi connectivity index (χ3n) is 4.09. The Morgan fingerprint density at radius 2 is 2.04 bits per heavy atom. The standard InChI is InChI=1S/C21H23N3O2S/c1-5-6-7-19-14(2)12-17(20(25)26-19)18-13-27-21(23-18)22-15-8-10-16(11-9-15)24(3)4/h7-13H,2,5-6H2,1,3-4H3,(H,22,23). The van der Waals surface area contributed by atoms with Crippen molar-refractivity contribution in [2.45, 2.75) is 19.8 Å². The Morgan fingerprint density at radius 1 is 1.30 bits per heavy atom. The molecule has 0 atom stereocenters. The molecule has 0 spiro atoms. The van der Waals surface area contributed by atoms with Crippen LogP contribution in [0, 0.1) is 0 Å². The molecule has 1 aromatic carbocycles. The molecule has 0 bridgehead atoms. The zero-order valence-corrected chi connectivity index (χ0v) is 16.6. The van der Waals surface area contributed by atoms with Crippen LogP contribution in [0.3, 0.4) is 0 Å². The predicted molar refractivity (Wildman–Crippen MR) is 114 cm³/mol. The maximum atomic E-state index is 12.3. The van der Waals surface area contributed by atoms with E-state index in [1.54, 1.807) is 6.07 Å². The molecule has 6 heteroatoms. The molecule has 0 radical (unpaired) electrons. The van der Waals surface area contributed by atoms with Gasteiger partial charge >= 0.3 is 5.63 Å². The number of anilines is 3. The molecule has 3 rings (SSSR count). The van der Waals surface area contributed by atoms with Gasteiger partial charge in [-0.15, -0.1) is 11.3 Å². The van der Waals surface area contributed by atoms with Crippen LogP contribution in [0.2, 0.25) is 0 Å². The third kappa shape index (κ3) is 4.46. The van der Waals surface area contributed by atoms with Crippen LogP contribution in [0.4, 0.5) is 16.5 Å². The fourth-order valence-corrected chi connectivity index (χ4v) is 3.30. The molecule has 0 amide bonds. The van der Waals surface area contributed by atoms with Gasteiger partial charge in [0.25, 0.3) is 0 Å². The van der Waals surface area contributed by atoms with Gasteiger partial charge in [-0.25, -0.2) is 9.78 Å². The van der Waals surface area contributed by atoms with Gasteiger partial charge in [-0.1, -0.05) is 19.9 Å². The van der Waals surface area contributed by atoms with Gasteiger partial charge in [-0.3, -0.25) is 0 Å². The van der Waals surface area contributed by atoms with Gasteiger partial charge in [0.1, 0.15) is 5.42 Å². The van der Waals surface area contributed by atoms with Crippen molar-refractivity contribution in [2.75, 3.05) is 24.3 Å². The Morgan fingerprint density at radius 3 is 2.70 bits per heavy atom. The van der Waals surface area contributed by atoms with Crippen LogP contribution in [0.1, 0.15) is 19.8 Å². The molecule has 2 aromatic heterocycles. The van der Waals surface area contributed by atoms with Crippen molar-refractivity contribution in [3.8, 4) is 11.3 Å². The first-order chi connectivity index (χ1) is 13.0. The second-order valence-electron chi connectivity index (χ2n) is 6.43. The van der Waals surface area contributed by atoms with Crippen LogP contribution in [0.5, 0.6) is 0 Å². The Balaban J connectivity index is 1.84. The van der Waals surface area contributed by atoms with E-state index in [-0.39, 0.29) is 0 Å². The summed E-state index contributed by atoms with van der Waals surface area (Å²) in [7, 11) is 4.01. The van der Waals surface area contributed by atoms with Crippen LogP contribution in [-0.2, 0) is 0 Å². The lowest BCUT2D eigenvalue weighted by Gasteiger charge is -2.12. The number of nitrogens with one attached hydrogen (secondary N) is 1. The van der Waals surface area contributed by atoms with E-state index in [2.05, 4.69) is 23.8 Å². The molecule has 1 N–H and O–H groups in total. The number of hydrogen-bond donors (Lipinski definition) is 1. The third-order valence-corrected chi connectivity index (χ3v) is 4.85. The normalized spacial score (nSPS) is 11.6. The number of rotatable bonds is 6. The first-order valence-electron chi connectivity index (χ1n) is 8.81. The number of thiazole rings is 1. The van der Waals surface area contributed by atoms with E-state index >= 15 is 0 Å². The summed E-state index contributed by atoms with van der Waals surface area (Å²) >= 11 is 1.44. The molecule has 2 heterocycles. The molecule has 0 aliphatic heterocycles. The number of aromatic nitrogens is 1. The van der Waals surface area contributed by atoms with Crippen molar-refractivity contribution < 1.29 is 4.42 Å². The van der Waals surface area contributed by atoms with Gasteiger partial charge in [0.15, 0.2) is 5.13 Å². The topological polar surface area (TPSA) is 58.4 Å². The minimum absolute atomic E-state index is 0.392. The Hall–Kier alpha value is -2.86. The molecule has 0 aliphatic carbocycles. The second kappa shape index (κ2) is 8.22.